The first-order valence-corrected chi connectivity index (χ1v) is 9.92. The van der Waals surface area contributed by atoms with Crippen molar-refractivity contribution in [1.29, 1.82) is 0 Å². The number of hydrazone groups is 1. The molecule has 0 bridgehead atoms. The predicted molar refractivity (Wildman–Crippen MR) is 115 cm³/mol. The van der Waals surface area contributed by atoms with Crippen LogP contribution in [0.2, 0.25) is 0 Å². The SMILES string of the molecule is COc1cc(CN(C)C(=O)C2=NNCC(C3=NOC(c4ccccc4)C3)=C2)ccc1F. The number of ether oxygens (including phenoxy) is 1. The summed E-state index contributed by atoms with van der Waals surface area (Å²) in [5.74, 6) is -0.557. The summed E-state index contributed by atoms with van der Waals surface area (Å²) < 4.78 is 18.6. The molecule has 0 spiro atoms. The molecule has 7 nitrogen and oxygen atoms in total. The van der Waals surface area contributed by atoms with Crippen LogP contribution < -0.4 is 10.2 Å². The molecule has 1 amide bonds. The van der Waals surface area contributed by atoms with E-state index in [1.165, 1.54) is 18.1 Å². The van der Waals surface area contributed by atoms with Gasteiger partial charge in [0.2, 0.25) is 0 Å². The van der Waals surface area contributed by atoms with Gasteiger partial charge in [0.25, 0.3) is 5.91 Å². The lowest BCUT2D eigenvalue weighted by Crippen LogP contribution is -2.36. The van der Waals surface area contributed by atoms with Crippen LogP contribution in [0.3, 0.4) is 0 Å². The number of oxime groups is 1. The third kappa shape index (κ3) is 4.58. The van der Waals surface area contributed by atoms with Gasteiger partial charge in [-0.25, -0.2) is 4.39 Å². The van der Waals surface area contributed by atoms with Gasteiger partial charge < -0.3 is 19.9 Å². The van der Waals surface area contributed by atoms with Gasteiger partial charge in [-0.1, -0.05) is 41.6 Å². The number of hydrogen-bond donors (Lipinski definition) is 1. The van der Waals surface area contributed by atoms with E-state index in [9.17, 15) is 9.18 Å². The lowest BCUT2D eigenvalue weighted by atomic mass is 9.99. The van der Waals surface area contributed by atoms with Gasteiger partial charge in [0.05, 0.1) is 19.4 Å². The first kappa shape index (κ1) is 20.6. The number of halogens is 1. The topological polar surface area (TPSA) is 75.5 Å². The van der Waals surface area contributed by atoms with Crippen molar-refractivity contribution in [2.24, 2.45) is 10.3 Å². The molecule has 0 saturated heterocycles. The normalized spacial score (nSPS) is 17.6. The third-order valence-corrected chi connectivity index (χ3v) is 5.19. The Hall–Kier alpha value is -3.68. The Morgan fingerprint density at radius 1 is 1.29 bits per heavy atom. The van der Waals surface area contributed by atoms with Crippen LogP contribution >= 0.6 is 0 Å². The summed E-state index contributed by atoms with van der Waals surface area (Å²) in [7, 11) is 3.08. The number of hydrogen-bond acceptors (Lipinski definition) is 6. The number of benzene rings is 2. The molecule has 0 radical (unpaired) electrons. The van der Waals surface area contributed by atoms with E-state index >= 15 is 0 Å². The van der Waals surface area contributed by atoms with Crippen molar-refractivity contribution in [2.45, 2.75) is 19.1 Å². The summed E-state index contributed by atoms with van der Waals surface area (Å²) in [5.41, 5.74) is 6.67. The molecule has 1 N–H and O–H groups in total. The third-order valence-electron chi connectivity index (χ3n) is 5.19. The number of carbonyl (C=O) groups is 1. The number of amides is 1. The second-order valence-corrected chi connectivity index (χ2v) is 7.38. The van der Waals surface area contributed by atoms with Crippen molar-refractivity contribution in [3.05, 3.63) is 77.1 Å². The van der Waals surface area contributed by atoms with E-state index in [1.807, 2.05) is 30.3 Å². The average Bonchev–Trinajstić information content (AvgIpc) is 3.31. The number of nitrogens with zero attached hydrogens (tertiary/aromatic N) is 3. The van der Waals surface area contributed by atoms with Crippen LogP contribution in [-0.2, 0) is 16.2 Å². The van der Waals surface area contributed by atoms with Crippen molar-refractivity contribution in [3.63, 3.8) is 0 Å². The van der Waals surface area contributed by atoms with Gasteiger partial charge >= 0.3 is 0 Å². The summed E-state index contributed by atoms with van der Waals surface area (Å²) in [6, 6.07) is 14.4. The molecule has 0 aromatic heterocycles. The van der Waals surface area contributed by atoms with Crippen LogP contribution in [0.4, 0.5) is 4.39 Å². The molecular weight excluding hydrogens is 399 g/mol. The molecule has 8 heteroatoms. The Kier molecular flexibility index (Phi) is 5.97. The van der Waals surface area contributed by atoms with Crippen LogP contribution in [0.1, 0.15) is 23.7 Å². The molecule has 2 aromatic carbocycles. The van der Waals surface area contributed by atoms with Gasteiger partial charge in [0.15, 0.2) is 17.7 Å². The summed E-state index contributed by atoms with van der Waals surface area (Å²) in [6.45, 7) is 0.761. The van der Waals surface area contributed by atoms with Crippen LogP contribution in [0, 0.1) is 5.82 Å². The maximum atomic E-state index is 13.6. The van der Waals surface area contributed by atoms with Crippen molar-refractivity contribution < 1.29 is 18.8 Å². The second-order valence-electron chi connectivity index (χ2n) is 7.38. The predicted octanol–water partition coefficient (Wildman–Crippen LogP) is 3.20. The Bertz CT molecular complexity index is 1070. The van der Waals surface area contributed by atoms with Gasteiger partial charge in [0.1, 0.15) is 5.71 Å². The molecule has 2 aliphatic heterocycles. The molecular formula is C23H23FN4O3. The molecule has 0 fully saturated rings. The molecule has 2 heterocycles. The van der Waals surface area contributed by atoms with E-state index in [0.717, 1.165) is 22.4 Å². The van der Waals surface area contributed by atoms with Crippen molar-refractivity contribution in [2.75, 3.05) is 20.7 Å². The fraction of sp³-hybridized carbons (Fsp3) is 0.261. The molecule has 1 atom stereocenters. The minimum absolute atomic E-state index is 0.133. The highest BCUT2D eigenvalue weighted by molar-refractivity contribution is 6.44. The number of rotatable bonds is 6. The Balaban J connectivity index is 1.42. The second kappa shape index (κ2) is 8.99. The summed E-state index contributed by atoms with van der Waals surface area (Å²) in [5, 5.41) is 8.39. The zero-order chi connectivity index (χ0) is 21.8. The maximum Gasteiger partial charge on any atom is 0.274 e. The molecule has 31 heavy (non-hydrogen) atoms. The minimum atomic E-state index is -0.443. The van der Waals surface area contributed by atoms with Gasteiger partial charge in [0, 0.05) is 25.6 Å². The summed E-state index contributed by atoms with van der Waals surface area (Å²) >= 11 is 0. The van der Waals surface area contributed by atoms with Crippen molar-refractivity contribution in [1.82, 2.24) is 10.3 Å². The Morgan fingerprint density at radius 2 is 2.10 bits per heavy atom. The first-order chi connectivity index (χ1) is 15.0. The van der Waals surface area contributed by atoms with E-state index in [-0.39, 0.29) is 30.0 Å². The standard InChI is InChI=1S/C23H23FN4O3/c1-28(14-15-8-9-18(24)22(10-15)30-2)23(29)20-11-17(13-25-26-20)19-12-21(31-27-19)16-6-4-3-5-7-16/h3-11,21,25H,12-14H2,1-2H3. The number of methoxy groups -OCH3 is 1. The summed E-state index contributed by atoms with van der Waals surface area (Å²) in [4.78, 5) is 20.0. The molecule has 2 aliphatic rings. The van der Waals surface area contributed by atoms with E-state index in [0.29, 0.717) is 13.0 Å². The van der Waals surface area contributed by atoms with Crippen LogP contribution in [0.5, 0.6) is 5.75 Å². The summed E-state index contributed by atoms with van der Waals surface area (Å²) in [6.07, 6.45) is 2.24. The lowest BCUT2D eigenvalue weighted by molar-refractivity contribution is -0.123. The van der Waals surface area contributed by atoms with Gasteiger partial charge in [-0.15, -0.1) is 0 Å². The fourth-order valence-corrected chi connectivity index (χ4v) is 3.51. The number of nitrogens with one attached hydrogen (secondary N) is 1. The Morgan fingerprint density at radius 3 is 2.87 bits per heavy atom. The van der Waals surface area contributed by atoms with Crippen LogP contribution in [0.15, 0.2) is 70.4 Å². The lowest BCUT2D eigenvalue weighted by Gasteiger charge is -2.20. The van der Waals surface area contributed by atoms with Gasteiger partial charge in [-0.3, -0.25) is 4.79 Å². The average molecular weight is 422 g/mol. The van der Waals surface area contributed by atoms with Gasteiger partial charge in [-0.2, -0.15) is 5.10 Å². The fourth-order valence-electron chi connectivity index (χ4n) is 3.51. The smallest absolute Gasteiger partial charge is 0.274 e. The molecule has 160 valence electrons. The minimum Gasteiger partial charge on any atom is -0.494 e. The Labute approximate surface area is 179 Å². The highest BCUT2D eigenvalue weighted by Gasteiger charge is 2.27. The zero-order valence-electron chi connectivity index (χ0n) is 17.3. The molecule has 0 saturated carbocycles. The highest BCUT2D eigenvalue weighted by Crippen LogP contribution is 2.29. The van der Waals surface area contributed by atoms with E-state index < -0.39 is 5.82 Å². The van der Waals surface area contributed by atoms with E-state index in [1.54, 1.807) is 25.3 Å². The maximum absolute atomic E-state index is 13.6. The van der Waals surface area contributed by atoms with Gasteiger partial charge in [-0.05, 0) is 29.3 Å². The molecule has 1 unspecified atom stereocenters. The van der Waals surface area contributed by atoms with Crippen LogP contribution in [-0.4, -0.2) is 42.9 Å². The molecule has 4 rings (SSSR count). The van der Waals surface area contributed by atoms with Crippen molar-refractivity contribution in [3.8, 4) is 5.75 Å². The monoisotopic (exact) mass is 422 g/mol. The molecule has 0 aliphatic carbocycles. The van der Waals surface area contributed by atoms with Crippen molar-refractivity contribution >= 4 is 17.3 Å². The van der Waals surface area contributed by atoms with E-state index in [4.69, 9.17) is 9.57 Å². The van der Waals surface area contributed by atoms with E-state index in [2.05, 4.69) is 15.7 Å². The zero-order valence-corrected chi connectivity index (χ0v) is 17.3. The largest absolute Gasteiger partial charge is 0.494 e. The molecule has 2 aromatic rings. The first-order valence-electron chi connectivity index (χ1n) is 9.92. The highest BCUT2D eigenvalue weighted by atomic mass is 19.1. The number of carbonyl (C=O) groups excluding carboxylic acids is 1. The quantitative estimate of drug-likeness (QED) is 0.776. The van der Waals surface area contributed by atoms with Crippen LogP contribution in [0.25, 0.3) is 0 Å².